The van der Waals surface area contributed by atoms with E-state index in [0.717, 1.165) is 22.4 Å². The van der Waals surface area contributed by atoms with E-state index in [-0.39, 0.29) is 17.5 Å². The number of nitrogens with one attached hydrogen (secondary N) is 1. The van der Waals surface area contributed by atoms with Crippen molar-refractivity contribution in [2.75, 3.05) is 5.32 Å². The molecule has 2 rings (SSSR count). The maximum absolute atomic E-state index is 12.9. The van der Waals surface area contributed by atoms with E-state index in [2.05, 4.69) is 11.4 Å². The molecule has 0 saturated carbocycles. The van der Waals surface area contributed by atoms with Crippen molar-refractivity contribution in [2.45, 2.75) is 40.3 Å². The van der Waals surface area contributed by atoms with E-state index in [1.54, 1.807) is 4.90 Å². The summed E-state index contributed by atoms with van der Waals surface area (Å²) in [4.78, 5) is 14.6. The van der Waals surface area contributed by atoms with Gasteiger partial charge in [0.2, 0.25) is 0 Å². The second kappa shape index (κ2) is 8.87. The van der Waals surface area contributed by atoms with Gasteiger partial charge in [-0.2, -0.15) is 5.26 Å². The van der Waals surface area contributed by atoms with Gasteiger partial charge in [0.05, 0.1) is 0 Å². The van der Waals surface area contributed by atoms with Gasteiger partial charge in [0.25, 0.3) is 5.91 Å². The van der Waals surface area contributed by atoms with Gasteiger partial charge in [0.1, 0.15) is 11.6 Å². The molecule has 0 aliphatic heterocycles. The molecule has 0 aromatic heterocycles. The number of carbonyl (C=O) groups is 1. The molecule has 0 saturated heterocycles. The maximum atomic E-state index is 12.9. The zero-order chi connectivity index (χ0) is 19.1. The van der Waals surface area contributed by atoms with Crippen LogP contribution in [0.3, 0.4) is 0 Å². The smallest absolute Gasteiger partial charge is 0.266 e. The lowest BCUT2D eigenvalue weighted by molar-refractivity contribution is -0.129. The fourth-order valence-electron chi connectivity index (χ4n) is 2.78. The minimum absolute atomic E-state index is 0.0133. The molecule has 0 fully saturated rings. The Bertz CT molecular complexity index is 812. The summed E-state index contributed by atoms with van der Waals surface area (Å²) in [6.45, 7) is 8.40. The second-order valence-corrected chi connectivity index (χ2v) is 6.70. The zero-order valence-corrected chi connectivity index (χ0v) is 15.8. The molecule has 0 bridgehead atoms. The third-order valence-electron chi connectivity index (χ3n) is 4.04. The Labute approximate surface area is 155 Å². The summed E-state index contributed by atoms with van der Waals surface area (Å²) >= 11 is 0. The Kier molecular flexibility index (Phi) is 6.57. The predicted octanol–water partition coefficient (Wildman–Crippen LogP) is 4.56. The van der Waals surface area contributed by atoms with Crippen LogP contribution in [0.2, 0.25) is 0 Å². The van der Waals surface area contributed by atoms with Gasteiger partial charge in [0, 0.05) is 24.5 Å². The Morgan fingerprint density at radius 1 is 1.15 bits per heavy atom. The van der Waals surface area contributed by atoms with E-state index < -0.39 is 0 Å². The van der Waals surface area contributed by atoms with Crippen LogP contribution in [0.25, 0.3) is 0 Å². The van der Waals surface area contributed by atoms with Crippen LogP contribution in [0.5, 0.6) is 0 Å². The molecule has 0 radical (unpaired) electrons. The standard InChI is InChI=1S/C22H25N3O/c1-16(2)25(15-19-8-6-5-7-9-19)22(26)20(13-23)14-24-21-11-17(3)10-18(4)12-21/h5-12,14,16,24H,15H2,1-4H3/b20-14-. The van der Waals surface area contributed by atoms with Gasteiger partial charge in [-0.15, -0.1) is 0 Å². The van der Waals surface area contributed by atoms with Crippen LogP contribution in [0, 0.1) is 25.2 Å². The van der Waals surface area contributed by atoms with Gasteiger partial charge in [-0.25, -0.2) is 0 Å². The molecule has 4 nitrogen and oxygen atoms in total. The highest BCUT2D eigenvalue weighted by Gasteiger charge is 2.21. The summed E-state index contributed by atoms with van der Waals surface area (Å²) in [6, 6.07) is 17.8. The van der Waals surface area contributed by atoms with Crippen LogP contribution in [-0.2, 0) is 11.3 Å². The monoisotopic (exact) mass is 347 g/mol. The molecule has 1 amide bonds. The Morgan fingerprint density at radius 3 is 2.31 bits per heavy atom. The molecule has 4 heteroatoms. The zero-order valence-electron chi connectivity index (χ0n) is 15.8. The van der Waals surface area contributed by atoms with Gasteiger partial charge < -0.3 is 10.2 Å². The molecule has 0 heterocycles. The number of nitriles is 1. The van der Waals surface area contributed by atoms with Crippen molar-refractivity contribution in [3.8, 4) is 6.07 Å². The van der Waals surface area contributed by atoms with Crippen molar-refractivity contribution in [1.82, 2.24) is 4.90 Å². The van der Waals surface area contributed by atoms with Crippen molar-refractivity contribution >= 4 is 11.6 Å². The number of benzene rings is 2. The number of rotatable bonds is 6. The van der Waals surface area contributed by atoms with Crippen molar-refractivity contribution < 1.29 is 4.79 Å². The number of nitrogens with zero attached hydrogens (tertiary/aromatic N) is 2. The average molecular weight is 347 g/mol. The summed E-state index contributed by atoms with van der Waals surface area (Å²) in [6.07, 6.45) is 1.50. The summed E-state index contributed by atoms with van der Waals surface area (Å²) in [7, 11) is 0. The third-order valence-corrected chi connectivity index (χ3v) is 4.04. The minimum Gasteiger partial charge on any atom is -0.360 e. The third kappa shape index (κ3) is 5.22. The summed E-state index contributed by atoms with van der Waals surface area (Å²) in [5, 5.41) is 12.6. The van der Waals surface area contributed by atoms with Crippen molar-refractivity contribution in [3.63, 3.8) is 0 Å². The predicted molar refractivity (Wildman–Crippen MR) is 105 cm³/mol. The molecule has 0 unspecified atom stereocenters. The molecule has 0 spiro atoms. The van der Waals surface area contributed by atoms with Crippen LogP contribution in [0.15, 0.2) is 60.3 Å². The lowest BCUT2D eigenvalue weighted by Gasteiger charge is -2.26. The molecular weight excluding hydrogens is 322 g/mol. The van der Waals surface area contributed by atoms with Crippen molar-refractivity contribution in [3.05, 3.63) is 77.0 Å². The van der Waals surface area contributed by atoms with Crippen LogP contribution in [0.4, 0.5) is 5.69 Å². The lowest BCUT2D eigenvalue weighted by Crippen LogP contribution is -2.37. The molecule has 134 valence electrons. The molecule has 0 aliphatic carbocycles. The first kappa shape index (κ1) is 19.3. The lowest BCUT2D eigenvalue weighted by atomic mass is 10.1. The normalized spacial score (nSPS) is 11.2. The number of carbonyl (C=O) groups excluding carboxylic acids is 1. The first-order chi connectivity index (χ1) is 12.4. The van der Waals surface area contributed by atoms with Crippen LogP contribution in [0.1, 0.15) is 30.5 Å². The first-order valence-corrected chi connectivity index (χ1v) is 8.70. The summed E-state index contributed by atoms with van der Waals surface area (Å²) in [5.74, 6) is -0.275. The number of amides is 1. The Hall–Kier alpha value is -3.06. The number of anilines is 1. The highest BCUT2D eigenvalue weighted by Crippen LogP contribution is 2.16. The highest BCUT2D eigenvalue weighted by molar-refractivity contribution is 5.97. The van der Waals surface area contributed by atoms with Gasteiger partial charge in [-0.1, -0.05) is 36.4 Å². The number of hydrogen-bond donors (Lipinski definition) is 1. The topological polar surface area (TPSA) is 56.1 Å². The van der Waals surface area contributed by atoms with Crippen LogP contribution < -0.4 is 5.32 Å². The Morgan fingerprint density at radius 2 is 1.77 bits per heavy atom. The van der Waals surface area contributed by atoms with E-state index >= 15 is 0 Å². The molecular formula is C22H25N3O. The Balaban J connectivity index is 2.20. The summed E-state index contributed by atoms with van der Waals surface area (Å²) < 4.78 is 0. The quantitative estimate of drug-likeness (QED) is 0.615. The molecule has 0 aliphatic rings. The van der Waals surface area contributed by atoms with Crippen LogP contribution >= 0.6 is 0 Å². The van der Waals surface area contributed by atoms with Crippen molar-refractivity contribution in [2.24, 2.45) is 0 Å². The molecule has 26 heavy (non-hydrogen) atoms. The largest absolute Gasteiger partial charge is 0.360 e. The molecule has 2 aromatic carbocycles. The van der Waals surface area contributed by atoms with Gasteiger partial charge >= 0.3 is 0 Å². The number of aryl methyl sites for hydroxylation is 2. The van der Waals surface area contributed by atoms with E-state index in [1.807, 2.05) is 76.2 Å². The van der Waals surface area contributed by atoms with E-state index in [4.69, 9.17) is 0 Å². The van der Waals surface area contributed by atoms with Gasteiger partial charge in [-0.3, -0.25) is 4.79 Å². The van der Waals surface area contributed by atoms with E-state index in [0.29, 0.717) is 6.54 Å². The fourth-order valence-corrected chi connectivity index (χ4v) is 2.78. The average Bonchev–Trinajstić information content (AvgIpc) is 2.60. The number of hydrogen-bond acceptors (Lipinski definition) is 3. The first-order valence-electron chi connectivity index (χ1n) is 8.70. The highest BCUT2D eigenvalue weighted by atomic mass is 16.2. The van der Waals surface area contributed by atoms with Gasteiger partial charge in [-0.05, 0) is 56.5 Å². The molecule has 0 atom stereocenters. The van der Waals surface area contributed by atoms with Crippen LogP contribution in [-0.4, -0.2) is 16.8 Å². The molecule has 1 N–H and O–H groups in total. The van der Waals surface area contributed by atoms with E-state index in [1.165, 1.54) is 6.20 Å². The van der Waals surface area contributed by atoms with Gasteiger partial charge in [0.15, 0.2) is 0 Å². The molecule has 2 aromatic rings. The second-order valence-electron chi connectivity index (χ2n) is 6.70. The minimum atomic E-state index is -0.275. The van der Waals surface area contributed by atoms with Crippen molar-refractivity contribution in [1.29, 1.82) is 5.26 Å². The summed E-state index contributed by atoms with van der Waals surface area (Å²) in [5.41, 5.74) is 4.24. The fraction of sp³-hybridized carbons (Fsp3) is 0.273. The SMILES string of the molecule is Cc1cc(C)cc(N/C=C(/C#N)C(=O)N(Cc2ccccc2)C(C)C)c1. The maximum Gasteiger partial charge on any atom is 0.266 e. The van der Waals surface area contributed by atoms with E-state index in [9.17, 15) is 10.1 Å².